The largest absolute Gasteiger partial charge is 0.463 e. The van der Waals surface area contributed by atoms with Gasteiger partial charge in [-0.05, 0) is 76.2 Å². The van der Waals surface area contributed by atoms with Gasteiger partial charge in [0, 0.05) is 194 Å². The highest BCUT2D eigenvalue weighted by Gasteiger charge is 2.55. The van der Waals surface area contributed by atoms with Gasteiger partial charge in [0.05, 0.1) is 39.6 Å². The van der Waals surface area contributed by atoms with E-state index in [1.54, 1.807) is 0 Å². The molecule has 0 aliphatic carbocycles. The van der Waals surface area contributed by atoms with Crippen LogP contribution in [0.1, 0.15) is 249 Å². The van der Waals surface area contributed by atoms with Crippen molar-refractivity contribution in [2.24, 2.45) is 0 Å². The van der Waals surface area contributed by atoms with E-state index in [-0.39, 0.29) is 174 Å². The van der Waals surface area contributed by atoms with Gasteiger partial charge in [-0.25, -0.2) is 0 Å². The lowest BCUT2D eigenvalue weighted by atomic mass is 9.96. The van der Waals surface area contributed by atoms with Crippen molar-refractivity contribution in [3.05, 3.63) is 35.9 Å². The van der Waals surface area contributed by atoms with Gasteiger partial charge in [0.15, 0.2) is 55.5 Å². The minimum Gasteiger partial charge on any atom is -0.463 e. The van der Waals surface area contributed by atoms with Gasteiger partial charge in [0.1, 0.15) is 68.4 Å². The second-order valence-corrected chi connectivity index (χ2v) is 35.5. The Morgan fingerprint density at radius 3 is 0.810 bits per heavy atom. The Bertz CT molecular complexity index is 3940. The molecule has 0 aromatic heterocycles. The molecule has 10 N–H and O–H groups in total. The highest BCUT2D eigenvalue weighted by Crippen LogP contribution is 2.33. The molecule has 49 heteroatoms. The fraction of sp³-hybridized carbons (Fsp3) is 0.735. The number of hydrogen-bond donors (Lipinski definition) is 10. The molecule has 830 valence electrons. The zero-order chi connectivity index (χ0) is 108. The normalized spacial score (nSPS) is 20.7. The average molecular weight is 2100 g/mol. The summed E-state index contributed by atoms with van der Waals surface area (Å²) in [6.45, 7) is 12.3. The average Bonchev–Trinajstić information content (AvgIpc) is 0.792. The van der Waals surface area contributed by atoms with E-state index in [0.29, 0.717) is 83.5 Å². The number of amides is 10. The quantitative estimate of drug-likeness (QED) is 0.0254. The van der Waals surface area contributed by atoms with Crippen molar-refractivity contribution in [1.82, 2.24) is 53.2 Å². The molecule has 3 fully saturated rings. The third-order valence-electron chi connectivity index (χ3n) is 22.2. The molecule has 10 amide bonds. The molecule has 3 aliphatic heterocycles. The highest BCUT2D eigenvalue weighted by molar-refractivity contribution is 5.80. The highest BCUT2D eigenvalue weighted by atomic mass is 16.7. The Balaban J connectivity index is 1.39. The van der Waals surface area contributed by atoms with E-state index < -0.39 is 212 Å². The minimum absolute atomic E-state index is 0.0168. The van der Waals surface area contributed by atoms with E-state index in [1.165, 1.54) is 20.8 Å². The fourth-order valence-corrected chi connectivity index (χ4v) is 15.5. The van der Waals surface area contributed by atoms with Crippen LogP contribution in [-0.2, 0) is 192 Å². The molecule has 1 aromatic rings. The Labute approximate surface area is 856 Å². The molecule has 0 bridgehead atoms. The predicted octanol–water partition coefficient (Wildman–Crippen LogP) is 2.10. The van der Waals surface area contributed by atoms with Crippen LogP contribution < -0.4 is 53.2 Å². The summed E-state index contributed by atoms with van der Waals surface area (Å²) in [4.78, 5) is 251. The number of rotatable bonds is 74. The van der Waals surface area contributed by atoms with Gasteiger partial charge < -0.3 is 143 Å². The molecule has 4 rings (SSSR count). The summed E-state index contributed by atoms with van der Waals surface area (Å²) in [6.07, 6.45) is -6.02. The minimum atomic E-state index is -1.49. The number of carbonyl (C=O) groups excluding carboxylic acids is 20. The van der Waals surface area contributed by atoms with Gasteiger partial charge in [0.25, 0.3) is 0 Å². The van der Waals surface area contributed by atoms with E-state index in [0.717, 1.165) is 100.0 Å². The third-order valence-corrected chi connectivity index (χ3v) is 22.2. The maximum Gasteiger partial charge on any atom is 0.306 e. The van der Waals surface area contributed by atoms with Gasteiger partial charge in [-0.3, -0.25) is 95.9 Å². The molecule has 1 aromatic carbocycles. The Hall–Kier alpha value is -11.7. The molecule has 3 saturated heterocycles. The van der Waals surface area contributed by atoms with E-state index in [9.17, 15) is 95.9 Å². The standard InChI is InChI=1S/C98H154N10O39/c1-62(109)105-86-92(142-71(10)118)89(139-68(7)115)75(56-135-65(4)112)145-95(86)132-49-27-24-35-78(121)99-43-30-46-102-81(124)40-52-129-59-98(108-84(127)38-22-17-15-13-14-16-18-23-39-85(128)138-55-74-33-20-19-21-34-74,60-130-53-41-82(125)103-47-31-44-100-79(122)36-25-28-50-133-96-87(106-63(2)110)93(143-72(11)119)90(140-69(8)116)76(146-96)57-136-66(5)113)61-131-54-42-83(126)104-48-32-45-101-80(123)37-26-29-51-134-97-88(107-64(3)111)94(144-73(12)120)91(141-70(9)117)77(147-97)58-137-67(6)114/h19-21,33-34,75-77,86-97H,13-18,22-32,35-61H2,1-12H3,(H,99,121)(H,100,122)(H,101,123)(H,102,124)(H,103,125)(H,104,126)(H,105,109)(H,106,110)(H,107,111)(H,108,127)/t75?,76?,77?,86?,87?,88?,89-,90-,91-,92?,93?,94?,95-,96-,97-,98?/m1/s1. The van der Waals surface area contributed by atoms with Gasteiger partial charge in [0.2, 0.25) is 59.1 Å². The van der Waals surface area contributed by atoms with Crippen LogP contribution >= 0.6 is 0 Å². The van der Waals surface area contributed by atoms with Crippen LogP contribution in [0.4, 0.5) is 0 Å². The molecule has 3 heterocycles. The monoisotopic (exact) mass is 2100 g/mol. The first-order chi connectivity index (χ1) is 70.1. The number of benzene rings is 1. The fourth-order valence-electron chi connectivity index (χ4n) is 15.5. The Kier molecular flexibility index (Phi) is 63.7. The summed E-state index contributed by atoms with van der Waals surface area (Å²) in [7, 11) is 0. The number of unbranched alkanes of at least 4 members (excludes halogenated alkanes) is 10. The van der Waals surface area contributed by atoms with Crippen molar-refractivity contribution in [2.75, 3.05) is 119 Å². The summed E-state index contributed by atoms with van der Waals surface area (Å²) < 4.78 is 108. The van der Waals surface area contributed by atoms with Crippen molar-refractivity contribution < 1.29 is 186 Å². The van der Waals surface area contributed by atoms with Crippen LogP contribution in [0.25, 0.3) is 0 Å². The van der Waals surface area contributed by atoms with Crippen molar-refractivity contribution in [2.45, 2.75) is 348 Å². The van der Waals surface area contributed by atoms with Crippen LogP contribution in [0.15, 0.2) is 30.3 Å². The van der Waals surface area contributed by atoms with E-state index in [1.807, 2.05) is 30.3 Å². The second-order valence-electron chi connectivity index (χ2n) is 35.5. The number of hydrogen-bond acceptors (Lipinski definition) is 39. The topological polar surface area (TPSA) is 637 Å². The summed E-state index contributed by atoms with van der Waals surface area (Å²) in [5.74, 6) is -11.1. The maximum atomic E-state index is 14.2. The molecule has 49 nitrogen and oxygen atoms in total. The van der Waals surface area contributed by atoms with Crippen LogP contribution in [0.3, 0.4) is 0 Å². The lowest BCUT2D eigenvalue weighted by Crippen LogP contribution is -2.66. The van der Waals surface area contributed by atoms with Gasteiger partial charge in [-0.15, -0.1) is 0 Å². The zero-order valence-electron chi connectivity index (χ0n) is 86.6. The molecule has 147 heavy (non-hydrogen) atoms. The van der Waals surface area contributed by atoms with Crippen LogP contribution in [0.2, 0.25) is 0 Å². The number of nitrogens with one attached hydrogen (secondary N) is 10. The lowest BCUT2D eigenvalue weighted by molar-refractivity contribution is -0.277. The van der Waals surface area contributed by atoms with Crippen LogP contribution in [0.5, 0.6) is 0 Å². The summed E-state index contributed by atoms with van der Waals surface area (Å²) in [5, 5.41) is 27.7. The predicted molar refractivity (Wildman–Crippen MR) is 513 cm³/mol. The summed E-state index contributed by atoms with van der Waals surface area (Å²) in [5.41, 5.74) is -0.583. The number of ether oxygens (including phenoxy) is 19. The first-order valence-electron chi connectivity index (χ1n) is 50.0. The van der Waals surface area contributed by atoms with Crippen molar-refractivity contribution in [1.29, 1.82) is 0 Å². The van der Waals surface area contributed by atoms with Gasteiger partial charge >= 0.3 is 59.7 Å². The first kappa shape index (κ1) is 128. The first-order valence-corrected chi connectivity index (χ1v) is 50.0. The maximum absolute atomic E-state index is 14.2. The number of carbonyl (C=O) groups is 20. The molecule has 3 aliphatic rings. The van der Waals surface area contributed by atoms with Crippen molar-refractivity contribution >= 4 is 119 Å². The van der Waals surface area contributed by atoms with E-state index in [2.05, 4.69) is 53.2 Å². The van der Waals surface area contributed by atoms with Crippen LogP contribution in [-0.4, -0.2) is 335 Å². The SMILES string of the molecule is CC(=O)NC1C(OC(C)=O)[C@H](OC(C)=O)C(COC(C)=O)O[C@H]1OCCCCC(=O)NCCCNC(=O)CCOCC(COCCC(=O)NCCCNC(=O)CCCCO[C@@H]1OC(COC(C)=O)[C@@H](OC(C)=O)C(OC(C)=O)C1NC(C)=O)(COCCC(=O)NCCCNC(=O)CCCCO[C@@H]1OC(COC(C)=O)[C@@H](OC(C)=O)C(OC(C)=O)C1NC(C)=O)NC(=O)CCCCCCCCCCC(=O)OCc1ccccc1. The molecular formula is C98H154N10O39. The zero-order valence-corrected chi connectivity index (χ0v) is 86.6. The third kappa shape index (κ3) is 57.4. The molecule has 0 spiro atoms. The van der Waals surface area contributed by atoms with E-state index >= 15 is 0 Å². The smallest absolute Gasteiger partial charge is 0.306 e. The Morgan fingerprint density at radius 1 is 0.272 bits per heavy atom. The van der Waals surface area contributed by atoms with Crippen LogP contribution in [0, 0.1) is 0 Å². The number of esters is 10. The van der Waals surface area contributed by atoms with Crippen molar-refractivity contribution in [3.63, 3.8) is 0 Å². The lowest BCUT2D eigenvalue weighted by Gasteiger charge is -2.44. The summed E-state index contributed by atoms with van der Waals surface area (Å²) in [6, 6.07) is 5.89. The Morgan fingerprint density at radius 2 is 0.531 bits per heavy atom. The molecular weight excluding hydrogens is 1940 g/mol. The molecule has 9 unspecified atom stereocenters. The van der Waals surface area contributed by atoms with Gasteiger partial charge in [-0.1, -0.05) is 68.9 Å². The molecule has 0 radical (unpaired) electrons. The van der Waals surface area contributed by atoms with E-state index in [4.69, 9.17) is 90.0 Å². The van der Waals surface area contributed by atoms with Crippen molar-refractivity contribution in [3.8, 4) is 0 Å². The van der Waals surface area contributed by atoms with Gasteiger partial charge in [-0.2, -0.15) is 0 Å². The molecule has 0 saturated carbocycles. The summed E-state index contributed by atoms with van der Waals surface area (Å²) >= 11 is 0. The molecule has 15 atom stereocenters. The second kappa shape index (κ2) is 73.4.